The minimum Gasteiger partial charge on any atom is -0.396 e. The Balaban J connectivity index is 1.98. The maximum absolute atomic E-state index is 13.4. The van der Waals surface area contributed by atoms with Crippen LogP contribution in [-0.4, -0.2) is 22.2 Å². The van der Waals surface area contributed by atoms with E-state index in [1.807, 2.05) is 13.1 Å². The summed E-state index contributed by atoms with van der Waals surface area (Å²) in [6.07, 6.45) is 3.59. The zero-order valence-electron chi connectivity index (χ0n) is 10.9. The molecule has 0 aliphatic heterocycles. The number of nitrogen functional groups attached to an aromatic ring is 1. The summed E-state index contributed by atoms with van der Waals surface area (Å²) in [7, 11) is 0. The molecule has 0 saturated heterocycles. The number of hydrogen-bond acceptors (Lipinski definition) is 3. The molecule has 0 spiro atoms. The molecule has 0 radical (unpaired) electrons. The Morgan fingerprint density at radius 2 is 2.30 bits per heavy atom. The second-order valence-corrected chi connectivity index (χ2v) is 4.82. The third kappa shape index (κ3) is 3.27. The van der Waals surface area contributed by atoms with Gasteiger partial charge in [-0.25, -0.2) is 4.39 Å². The third-order valence-electron chi connectivity index (χ3n) is 2.73. The number of amides is 1. The average molecular weight is 297 g/mol. The van der Waals surface area contributed by atoms with Crippen LogP contribution < -0.4 is 11.1 Å². The van der Waals surface area contributed by atoms with Crippen LogP contribution in [0, 0.1) is 12.7 Å². The van der Waals surface area contributed by atoms with E-state index in [4.69, 9.17) is 17.3 Å². The van der Waals surface area contributed by atoms with Crippen LogP contribution in [0.1, 0.15) is 15.9 Å². The summed E-state index contributed by atoms with van der Waals surface area (Å²) in [5.74, 6) is -1.17. The van der Waals surface area contributed by atoms with Gasteiger partial charge in [-0.1, -0.05) is 11.6 Å². The molecule has 0 aliphatic carbocycles. The van der Waals surface area contributed by atoms with Crippen LogP contribution in [0.4, 0.5) is 10.1 Å². The van der Waals surface area contributed by atoms with Crippen molar-refractivity contribution in [1.29, 1.82) is 0 Å². The molecule has 7 heteroatoms. The van der Waals surface area contributed by atoms with Gasteiger partial charge < -0.3 is 11.1 Å². The lowest BCUT2D eigenvalue weighted by molar-refractivity contribution is 0.0952. The Bertz CT molecular complexity index is 641. The first kappa shape index (κ1) is 14.3. The number of aryl methyl sites for hydroxylation is 1. The average Bonchev–Trinajstić information content (AvgIpc) is 2.79. The molecule has 2 rings (SSSR count). The van der Waals surface area contributed by atoms with Gasteiger partial charge in [0.15, 0.2) is 0 Å². The van der Waals surface area contributed by atoms with Crippen LogP contribution in [0.5, 0.6) is 0 Å². The molecule has 0 saturated carbocycles. The van der Waals surface area contributed by atoms with E-state index in [1.165, 1.54) is 6.07 Å². The van der Waals surface area contributed by atoms with Crippen LogP contribution >= 0.6 is 11.6 Å². The van der Waals surface area contributed by atoms with Gasteiger partial charge in [-0.15, -0.1) is 0 Å². The molecule has 0 atom stereocenters. The topological polar surface area (TPSA) is 72.9 Å². The second kappa shape index (κ2) is 5.92. The van der Waals surface area contributed by atoms with Crippen LogP contribution in [-0.2, 0) is 6.54 Å². The fourth-order valence-electron chi connectivity index (χ4n) is 1.74. The summed E-state index contributed by atoms with van der Waals surface area (Å²) in [4.78, 5) is 11.9. The van der Waals surface area contributed by atoms with Crippen molar-refractivity contribution in [3.05, 3.63) is 46.5 Å². The van der Waals surface area contributed by atoms with Crippen molar-refractivity contribution in [1.82, 2.24) is 15.1 Å². The predicted octanol–water partition coefficient (Wildman–Crippen LogP) is 2.00. The number of hydrogen-bond donors (Lipinski definition) is 2. The van der Waals surface area contributed by atoms with Crippen molar-refractivity contribution in [3.8, 4) is 0 Å². The van der Waals surface area contributed by atoms with E-state index >= 15 is 0 Å². The number of benzene rings is 1. The summed E-state index contributed by atoms with van der Waals surface area (Å²) in [5.41, 5.74) is 6.39. The van der Waals surface area contributed by atoms with Gasteiger partial charge in [0, 0.05) is 17.8 Å². The molecule has 1 amide bonds. The van der Waals surface area contributed by atoms with Gasteiger partial charge in [0.05, 0.1) is 24.0 Å². The van der Waals surface area contributed by atoms with E-state index in [1.54, 1.807) is 10.9 Å². The van der Waals surface area contributed by atoms with Crippen molar-refractivity contribution in [2.75, 3.05) is 12.3 Å². The Morgan fingerprint density at radius 3 is 2.95 bits per heavy atom. The molecule has 5 nitrogen and oxygen atoms in total. The van der Waals surface area contributed by atoms with Crippen LogP contribution in [0.15, 0.2) is 24.5 Å². The van der Waals surface area contributed by atoms with E-state index in [0.29, 0.717) is 13.1 Å². The van der Waals surface area contributed by atoms with Crippen molar-refractivity contribution in [3.63, 3.8) is 0 Å². The number of aromatic nitrogens is 2. The molecule has 1 aromatic heterocycles. The van der Waals surface area contributed by atoms with Crippen LogP contribution in [0.3, 0.4) is 0 Å². The minimum atomic E-state index is -0.703. The molecule has 0 fully saturated rings. The summed E-state index contributed by atoms with van der Waals surface area (Å²) in [6, 6.07) is 2.41. The fourth-order valence-corrected chi connectivity index (χ4v) is 1.95. The highest BCUT2D eigenvalue weighted by Crippen LogP contribution is 2.21. The molecular formula is C13H14ClFN4O. The molecule has 1 heterocycles. The quantitative estimate of drug-likeness (QED) is 0.848. The monoisotopic (exact) mass is 296 g/mol. The van der Waals surface area contributed by atoms with Crippen molar-refractivity contribution in [2.45, 2.75) is 13.5 Å². The first-order chi connectivity index (χ1) is 9.47. The summed E-state index contributed by atoms with van der Waals surface area (Å²) >= 11 is 5.71. The van der Waals surface area contributed by atoms with E-state index in [2.05, 4.69) is 10.4 Å². The van der Waals surface area contributed by atoms with E-state index < -0.39 is 11.7 Å². The summed E-state index contributed by atoms with van der Waals surface area (Å²) in [6.45, 7) is 2.80. The molecule has 0 aliphatic rings. The summed E-state index contributed by atoms with van der Waals surface area (Å²) in [5, 5.41) is 6.87. The number of carbonyl (C=O) groups excluding carboxylic acids is 1. The number of nitrogens with zero attached hydrogens (tertiary/aromatic N) is 2. The zero-order valence-corrected chi connectivity index (χ0v) is 11.6. The highest BCUT2D eigenvalue weighted by Gasteiger charge is 2.14. The van der Waals surface area contributed by atoms with E-state index in [-0.39, 0.29) is 16.3 Å². The lowest BCUT2D eigenvalue weighted by Gasteiger charge is -2.09. The molecule has 20 heavy (non-hydrogen) atoms. The van der Waals surface area contributed by atoms with Gasteiger partial charge in [-0.3, -0.25) is 9.48 Å². The minimum absolute atomic E-state index is 0.0339. The molecule has 3 N–H and O–H groups in total. The standard InChI is InChI=1S/C13H14ClFN4O/c1-8-6-18-19(7-8)3-2-17-13(20)10-4-9(14)5-11(15)12(10)16/h4-7H,2-3,16H2,1H3,(H,17,20). The number of nitrogens with two attached hydrogens (primary N) is 1. The first-order valence-electron chi connectivity index (χ1n) is 5.99. The largest absolute Gasteiger partial charge is 0.396 e. The van der Waals surface area contributed by atoms with Gasteiger partial charge in [-0.2, -0.15) is 5.10 Å². The number of rotatable bonds is 4. The maximum atomic E-state index is 13.4. The maximum Gasteiger partial charge on any atom is 0.253 e. The smallest absolute Gasteiger partial charge is 0.253 e. The van der Waals surface area contributed by atoms with Gasteiger partial charge in [0.25, 0.3) is 5.91 Å². The van der Waals surface area contributed by atoms with Crippen LogP contribution in [0.2, 0.25) is 5.02 Å². The number of halogens is 2. The fraction of sp³-hybridized carbons (Fsp3) is 0.231. The number of carbonyl (C=O) groups is 1. The SMILES string of the molecule is Cc1cnn(CCNC(=O)c2cc(Cl)cc(F)c2N)c1. The highest BCUT2D eigenvalue weighted by molar-refractivity contribution is 6.31. The number of nitrogens with one attached hydrogen (secondary N) is 1. The van der Waals surface area contributed by atoms with Crippen LogP contribution in [0.25, 0.3) is 0 Å². The lowest BCUT2D eigenvalue weighted by Crippen LogP contribution is -2.28. The van der Waals surface area contributed by atoms with Crippen molar-refractivity contribution < 1.29 is 9.18 Å². The molecule has 0 unspecified atom stereocenters. The first-order valence-corrected chi connectivity index (χ1v) is 6.37. The lowest BCUT2D eigenvalue weighted by atomic mass is 10.1. The van der Waals surface area contributed by atoms with E-state index in [0.717, 1.165) is 11.6 Å². The molecular weight excluding hydrogens is 283 g/mol. The Labute approximate surface area is 120 Å². The Kier molecular flexibility index (Phi) is 4.24. The van der Waals surface area contributed by atoms with Gasteiger partial charge in [-0.05, 0) is 24.6 Å². The highest BCUT2D eigenvalue weighted by atomic mass is 35.5. The second-order valence-electron chi connectivity index (χ2n) is 4.39. The van der Waals surface area contributed by atoms with Gasteiger partial charge in [0.2, 0.25) is 0 Å². The predicted molar refractivity (Wildman–Crippen MR) is 75.1 cm³/mol. The normalized spacial score (nSPS) is 10.6. The van der Waals surface area contributed by atoms with Crippen molar-refractivity contribution >= 4 is 23.2 Å². The van der Waals surface area contributed by atoms with Gasteiger partial charge >= 0.3 is 0 Å². The Hall–Kier alpha value is -2.08. The molecule has 2 aromatic rings. The molecule has 106 valence electrons. The van der Waals surface area contributed by atoms with Crippen molar-refractivity contribution in [2.24, 2.45) is 0 Å². The Morgan fingerprint density at radius 1 is 1.55 bits per heavy atom. The molecule has 1 aromatic carbocycles. The summed E-state index contributed by atoms with van der Waals surface area (Å²) < 4.78 is 15.1. The third-order valence-corrected chi connectivity index (χ3v) is 2.95. The number of anilines is 1. The zero-order chi connectivity index (χ0) is 14.7. The molecule has 0 bridgehead atoms. The van der Waals surface area contributed by atoms with E-state index in [9.17, 15) is 9.18 Å². The van der Waals surface area contributed by atoms with Gasteiger partial charge in [0.1, 0.15) is 5.82 Å².